The highest BCUT2D eigenvalue weighted by atomic mass is 35.5. The summed E-state index contributed by atoms with van der Waals surface area (Å²) in [5.74, 6) is -1.05. The van der Waals surface area contributed by atoms with E-state index in [0.717, 1.165) is 5.69 Å². The number of carboxylic acids is 1. The zero-order valence-electron chi connectivity index (χ0n) is 10.6. The Hall–Kier alpha value is -2.31. The molecular formula is C14H10ClN3O2S. The predicted octanol–water partition coefficient (Wildman–Crippen LogP) is 4.09. The van der Waals surface area contributed by atoms with Gasteiger partial charge in [0.2, 0.25) is 0 Å². The van der Waals surface area contributed by atoms with E-state index in [1.807, 2.05) is 30.3 Å². The molecule has 3 N–H and O–H groups in total. The molecule has 0 spiro atoms. The number of hydrogen-bond donors (Lipinski definition) is 3. The molecule has 0 amide bonds. The highest BCUT2D eigenvalue weighted by Gasteiger charge is 2.17. The number of pyridine rings is 1. The van der Waals surface area contributed by atoms with Gasteiger partial charge in [0.25, 0.3) is 0 Å². The number of benzene rings is 1. The molecule has 106 valence electrons. The van der Waals surface area contributed by atoms with Gasteiger partial charge in [-0.15, -0.1) is 11.3 Å². The number of aromatic carboxylic acids is 1. The molecule has 0 atom stereocenters. The molecule has 0 unspecified atom stereocenters. The summed E-state index contributed by atoms with van der Waals surface area (Å²) in [4.78, 5) is 15.5. The van der Waals surface area contributed by atoms with Crippen molar-refractivity contribution < 1.29 is 9.90 Å². The van der Waals surface area contributed by atoms with Gasteiger partial charge in [-0.25, -0.2) is 4.79 Å². The maximum atomic E-state index is 11.3. The number of carbonyl (C=O) groups is 1. The van der Waals surface area contributed by atoms with Crippen LogP contribution in [0.2, 0.25) is 5.02 Å². The normalized spacial score (nSPS) is 10.5. The molecule has 0 saturated heterocycles. The first-order valence-electron chi connectivity index (χ1n) is 6.03. The molecule has 0 aliphatic rings. The van der Waals surface area contributed by atoms with Crippen LogP contribution < -0.4 is 10.9 Å². The predicted molar refractivity (Wildman–Crippen MR) is 85.3 cm³/mol. The van der Waals surface area contributed by atoms with Gasteiger partial charge in [0.1, 0.15) is 11.1 Å². The molecular weight excluding hydrogens is 310 g/mol. The molecule has 0 radical (unpaired) electrons. The zero-order valence-corrected chi connectivity index (χ0v) is 12.2. The van der Waals surface area contributed by atoms with Gasteiger partial charge in [-0.2, -0.15) is 0 Å². The maximum Gasteiger partial charge on any atom is 0.339 e. The van der Waals surface area contributed by atoms with E-state index in [9.17, 15) is 9.90 Å². The third-order valence-corrected chi connectivity index (χ3v) is 4.28. The number of anilines is 2. The number of carboxylic acid groups (broad SMARTS) is 1. The molecule has 3 rings (SSSR count). The number of thiophene rings is 1. The van der Waals surface area contributed by atoms with Crippen molar-refractivity contribution in [1.29, 1.82) is 0 Å². The summed E-state index contributed by atoms with van der Waals surface area (Å²) in [6, 6.07) is 9.40. The minimum atomic E-state index is -1.05. The van der Waals surface area contributed by atoms with Crippen molar-refractivity contribution in [2.24, 2.45) is 0 Å². The van der Waals surface area contributed by atoms with Gasteiger partial charge in [-0.3, -0.25) is 10.4 Å². The summed E-state index contributed by atoms with van der Waals surface area (Å²) in [5.41, 5.74) is 7.88. The molecule has 0 fully saturated rings. The van der Waals surface area contributed by atoms with Crippen LogP contribution in [0.1, 0.15) is 10.4 Å². The van der Waals surface area contributed by atoms with E-state index < -0.39 is 5.97 Å². The lowest BCUT2D eigenvalue weighted by Crippen LogP contribution is -2.13. The number of halogens is 1. The maximum absolute atomic E-state index is 11.3. The third-order valence-electron chi connectivity index (χ3n) is 2.88. The minimum absolute atomic E-state index is 0.0875. The van der Waals surface area contributed by atoms with Crippen LogP contribution in [-0.4, -0.2) is 16.1 Å². The van der Waals surface area contributed by atoms with Crippen molar-refractivity contribution in [1.82, 2.24) is 4.98 Å². The monoisotopic (exact) mass is 319 g/mol. The van der Waals surface area contributed by atoms with E-state index in [-0.39, 0.29) is 5.56 Å². The standard InChI is InChI=1S/C14H10ClN3O2S/c15-10-7-21-13-11(9(14(19)20)6-16-12(10)13)18-17-8-4-2-1-3-5-8/h1-7,17H,(H,16,18)(H,19,20). The molecule has 1 aromatic carbocycles. The minimum Gasteiger partial charge on any atom is -0.478 e. The molecule has 0 bridgehead atoms. The van der Waals surface area contributed by atoms with Gasteiger partial charge < -0.3 is 10.5 Å². The van der Waals surface area contributed by atoms with Crippen molar-refractivity contribution in [2.75, 3.05) is 10.9 Å². The zero-order chi connectivity index (χ0) is 14.8. The second-order valence-corrected chi connectivity index (χ2v) is 5.52. The van der Waals surface area contributed by atoms with E-state index in [0.29, 0.717) is 20.9 Å². The van der Waals surface area contributed by atoms with Gasteiger partial charge in [0.05, 0.1) is 21.1 Å². The number of nitrogens with zero attached hydrogens (tertiary/aromatic N) is 1. The lowest BCUT2D eigenvalue weighted by molar-refractivity contribution is 0.0697. The number of para-hydroxylation sites is 1. The smallest absolute Gasteiger partial charge is 0.339 e. The van der Waals surface area contributed by atoms with Gasteiger partial charge in [-0.05, 0) is 12.1 Å². The Morgan fingerprint density at radius 3 is 2.71 bits per heavy atom. The molecule has 0 aliphatic carbocycles. The second kappa shape index (κ2) is 5.59. The average Bonchev–Trinajstić information content (AvgIpc) is 2.87. The van der Waals surface area contributed by atoms with E-state index in [2.05, 4.69) is 15.8 Å². The van der Waals surface area contributed by atoms with E-state index in [1.165, 1.54) is 17.5 Å². The van der Waals surface area contributed by atoms with Crippen molar-refractivity contribution in [3.8, 4) is 0 Å². The van der Waals surface area contributed by atoms with Crippen LogP contribution in [0.25, 0.3) is 10.2 Å². The SMILES string of the molecule is O=C(O)c1cnc2c(Cl)csc2c1NNc1ccccc1. The number of hydrazine groups is 1. The summed E-state index contributed by atoms with van der Waals surface area (Å²) in [7, 11) is 0. The number of nitrogens with one attached hydrogen (secondary N) is 2. The van der Waals surface area contributed by atoms with E-state index in [1.54, 1.807) is 5.38 Å². The number of aromatic nitrogens is 1. The first-order valence-corrected chi connectivity index (χ1v) is 7.28. The Kier molecular flexibility index (Phi) is 3.64. The van der Waals surface area contributed by atoms with Crippen LogP contribution in [0.5, 0.6) is 0 Å². The summed E-state index contributed by atoms with van der Waals surface area (Å²) in [6.45, 7) is 0. The van der Waals surface area contributed by atoms with Gasteiger partial charge >= 0.3 is 5.97 Å². The average molecular weight is 320 g/mol. The lowest BCUT2D eigenvalue weighted by atomic mass is 10.2. The molecule has 21 heavy (non-hydrogen) atoms. The van der Waals surface area contributed by atoms with Crippen molar-refractivity contribution in [2.45, 2.75) is 0 Å². The van der Waals surface area contributed by atoms with Gasteiger partial charge in [0.15, 0.2) is 0 Å². The first-order chi connectivity index (χ1) is 10.2. The molecule has 2 heterocycles. The Morgan fingerprint density at radius 2 is 2.00 bits per heavy atom. The van der Waals surface area contributed by atoms with Crippen LogP contribution in [0.15, 0.2) is 41.9 Å². The van der Waals surface area contributed by atoms with Crippen LogP contribution >= 0.6 is 22.9 Å². The molecule has 0 saturated carbocycles. The first kappa shape index (κ1) is 13.7. The van der Waals surface area contributed by atoms with Crippen LogP contribution in [0.3, 0.4) is 0 Å². The van der Waals surface area contributed by atoms with Crippen LogP contribution in [-0.2, 0) is 0 Å². The highest BCUT2D eigenvalue weighted by molar-refractivity contribution is 7.18. The van der Waals surface area contributed by atoms with Crippen molar-refractivity contribution in [3.63, 3.8) is 0 Å². The highest BCUT2D eigenvalue weighted by Crippen LogP contribution is 2.35. The fourth-order valence-electron chi connectivity index (χ4n) is 1.89. The molecule has 5 nitrogen and oxygen atoms in total. The number of hydrogen-bond acceptors (Lipinski definition) is 5. The fourth-order valence-corrected chi connectivity index (χ4v) is 3.11. The quantitative estimate of drug-likeness (QED) is 0.632. The van der Waals surface area contributed by atoms with Crippen LogP contribution in [0, 0.1) is 0 Å². The molecule has 3 aromatic rings. The molecule has 2 aromatic heterocycles. The topological polar surface area (TPSA) is 74.2 Å². The Balaban J connectivity index is 2.02. The van der Waals surface area contributed by atoms with E-state index in [4.69, 9.17) is 11.6 Å². The molecule has 7 heteroatoms. The summed E-state index contributed by atoms with van der Waals surface area (Å²) in [5, 5.41) is 11.5. The fraction of sp³-hybridized carbons (Fsp3) is 0. The second-order valence-electron chi connectivity index (χ2n) is 4.23. The van der Waals surface area contributed by atoms with E-state index >= 15 is 0 Å². The summed E-state index contributed by atoms with van der Waals surface area (Å²) < 4.78 is 0.698. The van der Waals surface area contributed by atoms with Crippen LogP contribution in [0.4, 0.5) is 11.4 Å². The summed E-state index contributed by atoms with van der Waals surface area (Å²) in [6.07, 6.45) is 1.30. The Morgan fingerprint density at radius 1 is 1.24 bits per heavy atom. The van der Waals surface area contributed by atoms with Gasteiger partial charge in [-0.1, -0.05) is 29.8 Å². The number of rotatable bonds is 4. The lowest BCUT2D eigenvalue weighted by Gasteiger charge is -2.12. The summed E-state index contributed by atoms with van der Waals surface area (Å²) >= 11 is 7.39. The largest absolute Gasteiger partial charge is 0.478 e. The van der Waals surface area contributed by atoms with Gasteiger partial charge in [0, 0.05) is 11.6 Å². The number of fused-ring (bicyclic) bond motifs is 1. The Labute approximate surface area is 129 Å². The third kappa shape index (κ3) is 2.63. The van der Waals surface area contributed by atoms with Crippen molar-refractivity contribution >= 4 is 50.5 Å². The Bertz CT molecular complexity index is 805. The van der Waals surface area contributed by atoms with Crippen molar-refractivity contribution in [3.05, 3.63) is 52.5 Å². The molecule has 0 aliphatic heterocycles.